The average Bonchev–Trinajstić information content (AvgIpc) is 2.29. The first kappa shape index (κ1) is 15.4. The van der Waals surface area contributed by atoms with Crippen molar-refractivity contribution in [2.24, 2.45) is 5.16 Å². The number of oxime groups is 1. The number of hydrogen-bond acceptors (Lipinski definition) is 2. The summed E-state index contributed by atoms with van der Waals surface area (Å²) in [4.78, 5) is 0. The highest BCUT2D eigenvalue weighted by Gasteiger charge is 1.91. The predicted molar refractivity (Wildman–Crippen MR) is 75.6 cm³/mol. The van der Waals surface area contributed by atoms with E-state index in [0.717, 1.165) is 36.8 Å². The van der Waals surface area contributed by atoms with Gasteiger partial charge in [0, 0.05) is 0 Å². The third kappa shape index (κ3) is 9.36. The van der Waals surface area contributed by atoms with Gasteiger partial charge in [0.2, 0.25) is 0 Å². The Morgan fingerprint density at radius 1 is 1.18 bits per heavy atom. The van der Waals surface area contributed by atoms with Gasteiger partial charge in [-0.1, -0.05) is 47.7 Å². The largest absolute Gasteiger partial charge is 0.411 e. The molecular weight excluding hydrogens is 210 g/mol. The Kier molecular flexibility index (Phi) is 8.75. The van der Waals surface area contributed by atoms with Crippen molar-refractivity contribution in [3.05, 3.63) is 48.1 Å². The first-order valence-corrected chi connectivity index (χ1v) is 5.90. The minimum absolute atomic E-state index is 0.975. The molecular formula is C15H23NO. The summed E-state index contributed by atoms with van der Waals surface area (Å²) in [6.07, 6.45) is 11.6. The maximum Gasteiger partial charge on any atom is 0.0687 e. The van der Waals surface area contributed by atoms with E-state index >= 15 is 0 Å². The van der Waals surface area contributed by atoms with E-state index in [2.05, 4.69) is 37.4 Å². The molecule has 0 aliphatic carbocycles. The molecule has 0 amide bonds. The Bertz CT molecular complexity index is 335. The molecule has 2 heteroatoms. The second-order valence-electron chi connectivity index (χ2n) is 4.18. The summed E-state index contributed by atoms with van der Waals surface area (Å²) < 4.78 is 0. The average molecular weight is 233 g/mol. The molecule has 0 saturated carbocycles. The lowest BCUT2D eigenvalue weighted by Crippen LogP contribution is -1.81. The Labute approximate surface area is 105 Å². The van der Waals surface area contributed by atoms with Crippen LogP contribution in [0.15, 0.2) is 53.3 Å². The number of rotatable bonds is 8. The lowest BCUT2D eigenvalue weighted by Gasteiger charge is -2.00. The topological polar surface area (TPSA) is 32.6 Å². The molecule has 1 N–H and O–H groups in total. The molecule has 94 valence electrons. The molecule has 17 heavy (non-hydrogen) atoms. The van der Waals surface area contributed by atoms with Crippen molar-refractivity contribution in [3.63, 3.8) is 0 Å². The highest BCUT2D eigenvalue weighted by atomic mass is 16.4. The van der Waals surface area contributed by atoms with Gasteiger partial charge in [-0.3, -0.25) is 0 Å². The van der Waals surface area contributed by atoms with Gasteiger partial charge in [0.25, 0.3) is 0 Å². The molecule has 0 heterocycles. The van der Waals surface area contributed by atoms with E-state index in [0.29, 0.717) is 0 Å². The van der Waals surface area contributed by atoms with E-state index in [9.17, 15) is 0 Å². The van der Waals surface area contributed by atoms with Crippen molar-refractivity contribution in [2.45, 2.75) is 39.5 Å². The summed E-state index contributed by atoms with van der Waals surface area (Å²) in [6.45, 7) is 11.6. The molecule has 0 saturated heterocycles. The van der Waals surface area contributed by atoms with Crippen LogP contribution in [0.2, 0.25) is 0 Å². The first-order chi connectivity index (χ1) is 8.10. The monoisotopic (exact) mass is 233 g/mol. The first-order valence-electron chi connectivity index (χ1n) is 5.90. The summed E-state index contributed by atoms with van der Waals surface area (Å²) in [5, 5.41) is 11.3. The Balaban J connectivity index is 3.89. The van der Waals surface area contributed by atoms with Gasteiger partial charge in [-0.15, -0.1) is 0 Å². The zero-order valence-corrected chi connectivity index (χ0v) is 10.9. The Hall–Kier alpha value is -1.57. The number of hydrogen-bond donors (Lipinski definition) is 1. The summed E-state index contributed by atoms with van der Waals surface area (Å²) >= 11 is 0. The fourth-order valence-electron chi connectivity index (χ4n) is 1.38. The minimum atomic E-state index is 0.975. The van der Waals surface area contributed by atoms with Crippen molar-refractivity contribution in [2.75, 3.05) is 0 Å². The molecule has 0 aromatic carbocycles. The normalized spacial score (nSPS) is 13.1. The fraction of sp³-hybridized carbons (Fsp3) is 0.400. The highest BCUT2D eigenvalue weighted by Crippen LogP contribution is 2.10. The van der Waals surface area contributed by atoms with Gasteiger partial charge in [0.15, 0.2) is 0 Å². The van der Waals surface area contributed by atoms with Gasteiger partial charge in [0.05, 0.1) is 6.21 Å². The van der Waals surface area contributed by atoms with Crippen LogP contribution >= 0.6 is 0 Å². The van der Waals surface area contributed by atoms with E-state index < -0.39 is 0 Å². The van der Waals surface area contributed by atoms with Gasteiger partial charge in [-0.2, -0.15) is 0 Å². The van der Waals surface area contributed by atoms with Crippen LogP contribution in [0.1, 0.15) is 39.5 Å². The Morgan fingerprint density at radius 3 is 2.41 bits per heavy atom. The molecule has 2 nitrogen and oxygen atoms in total. The van der Waals surface area contributed by atoms with Crippen molar-refractivity contribution in [1.82, 2.24) is 0 Å². The summed E-state index contributed by atoms with van der Waals surface area (Å²) in [5.74, 6) is 0. The van der Waals surface area contributed by atoms with Crippen LogP contribution < -0.4 is 0 Å². The van der Waals surface area contributed by atoms with Gasteiger partial charge in [-0.05, 0) is 45.1 Å². The molecule has 0 bridgehead atoms. The maximum atomic E-state index is 8.34. The second kappa shape index (κ2) is 9.64. The summed E-state index contributed by atoms with van der Waals surface area (Å²) in [5.41, 5.74) is 3.45. The maximum absolute atomic E-state index is 8.34. The zero-order chi connectivity index (χ0) is 13.1. The lowest BCUT2D eigenvalue weighted by atomic mass is 10.1. The lowest BCUT2D eigenvalue weighted by molar-refractivity contribution is 0.321. The van der Waals surface area contributed by atoms with E-state index in [1.54, 1.807) is 0 Å². The third-order valence-electron chi connectivity index (χ3n) is 2.51. The minimum Gasteiger partial charge on any atom is -0.411 e. The molecule has 0 atom stereocenters. The molecule has 0 aromatic heterocycles. The van der Waals surface area contributed by atoms with Crippen LogP contribution in [0.25, 0.3) is 0 Å². The number of allylic oxidation sites excluding steroid dienone is 6. The molecule has 0 unspecified atom stereocenters. The van der Waals surface area contributed by atoms with E-state index in [-0.39, 0.29) is 0 Å². The van der Waals surface area contributed by atoms with Gasteiger partial charge in [0.1, 0.15) is 0 Å². The zero-order valence-electron chi connectivity index (χ0n) is 10.9. The van der Waals surface area contributed by atoms with E-state index in [1.165, 1.54) is 11.8 Å². The van der Waals surface area contributed by atoms with Crippen LogP contribution in [-0.2, 0) is 0 Å². The molecule has 0 aliphatic heterocycles. The van der Waals surface area contributed by atoms with Gasteiger partial charge in [-0.25, -0.2) is 0 Å². The fourth-order valence-corrected chi connectivity index (χ4v) is 1.38. The van der Waals surface area contributed by atoms with Gasteiger partial charge < -0.3 is 5.21 Å². The molecule has 0 aromatic rings. The van der Waals surface area contributed by atoms with Crippen molar-refractivity contribution in [1.29, 1.82) is 0 Å². The third-order valence-corrected chi connectivity index (χ3v) is 2.51. The molecule has 0 rings (SSSR count). The molecule has 0 fully saturated rings. The van der Waals surface area contributed by atoms with Crippen LogP contribution in [0.3, 0.4) is 0 Å². The molecule has 0 spiro atoms. The SMILES string of the molecule is C=CC(=C)CC/C=C(\C)CC/C=C(C)/C=N/O. The standard InChI is InChI=1S/C15H23NO/c1-5-13(2)8-6-9-14(3)10-7-11-15(4)12-16-17/h5,9,11-12,17H,1-2,6-8,10H2,3-4H3/b14-9+,15-11+,16-12+. The van der Waals surface area contributed by atoms with Gasteiger partial charge >= 0.3 is 0 Å². The summed E-state index contributed by atoms with van der Waals surface area (Å²) in [6, 6.07) is 0. The van der Waals surface area contributed by atoms with Crippen molar-refractivity contribution in [3.8, 4) is 0 Å². The predicted octanol–water partition coefficient (Wildman–Crippen LogP) is 4.64. The van der Waals surface area contributed by atoms with Crippen LogP contribution in [0, 0.1) is 0 Å². The molecule has 0 aliphatic rings. The van der Waals surface area contributed by atoms with Crippen LogP contribution in [0.5, 0.6) is 0 Å². The Morgan fingerprint density at radius 2 is 1.82 bits per heavy atom. The van der Waals surface area contributed by atoms with E-state index in [1.807, 2.05) is 13.0 Å². The quantitative estimate of drug-likeness (QED) is 0.214. The van der Waals surface area contributed by atoms with Crippen LogP contribution in [-0.4, -0.2) is 11.4 Å². The second-order valence-corrected chi connectivity index (χ2v) is 4.18. The van der Waals surface area contributed by atoms with E-state index in [4.69, 9.17) is 5.21 Å². The van der Waals surface area contributed by atoms with Crippen LogP contribution in [0.4, 0.5) is 0 Å². The summed E-state index contributed by atoms with van der Waals surface area (Å²) in [7, 11) is 0. The van der Waals surface area contributed by atoms with Crippen molar-refractivity contribution < 1.29 is 5.21 Å². The van der Waals surface area contributed by atoms with Crippen molar-refractivity contribution >= 4 is 6.21 Å². The smallest absolute Gasteiger partial charge is 0.0687 e. The highest BCUT2D eigenvalue weighted by molar-refractivity contribution is 5.76. The molecule has 0 radical (unpaired) electrons. The number of nitrogens with zero attached hydrogens (tertiary/aromatic N) is 1.